The molecule has 0 aliphatic rings. The Labute approximate surface area is 187 Å². The number of amides is 1. The van der Waals surface area contributed by atoms with Crippen LogP contribution in [0.4, 0.5) is 5.69 Å². The first-order valence-corrected chi connectivity index (χ1v) is 10.3. The van der Waals surface area contributed by atoms with Gasteiger partial charge in [-0.15, -0.1) is 0 Å². The van der Waals surface area contributed by atoms with Crippen LogP contribution < -0.4 is 5.32 Å². The maximum absolute atomic E-state index is 13.4. The smallest absolute Gasteiger partial charge is 0.256 e. The Morgan fingerprint density at radius 1 is 1.09 bits per heavy atom. The fraction of sp³-hybridized carbons (Fsp3) is 0.0417. The van der Waals surface area contributed by atoms with E-state index in [9.17, 15) is 4.79 Å². The van der Waals surface area contributed by atoms with Crippen molar-refractivity contribution in [2.24, 2.45) is 0 Å². The lowest BCUT2D eigenvalue weighted by molar-refractivity contribution is 0.102. The Bertz CT molecular complexity index is 1580. The molecule has 0 saturated heterocycles. The number of carbonyl (C=O) groups is 1. The molecule has 0 bridgehead atoms. The molecular weight excluding hydrogens is 418 g/mol. The number of furan rings is 1. The number of carbonyl (C=O) groups excluding carboxylic acids is 1. The predicted molar refractivity (Wildman–Crippen MR) is 123 cm³/mol. The highest BCUT2D eigenvalue weighted by Gasteiger charge is 2.18. The van der Waals surface area contributed by atoms with Crippen molar-refractivity contribution >= 4 is 33.5 Å². The molecule has 2 N–H and O–H groups in total. The average Bonchev–Trinajstić information content (AvgIpc) is 3.61. The molecule has 1 amide bonds. The Kier molecular flexibility index (Phi) is 4.43. The molecule has 0 saturated carbocycles. The largest absolute Gasteiger partial charge is 0.467 e. The van der Waals surface area contributed by atoms with Gasteiger partial charge in [0.05, 0.1) is 40.8 Å². The third-order valence-corrected chi connectivity index (χ3v) is 5.39. The number of fused-ring (bicyclic) bond motifs is 2. The number of aromatic nitrogens is 6. The van der Waals surface area contributed by atoms with Gasteiger partial charge in [0.15, 0.2) is 5.65 Å². The van der Waals surface area contributed by atoms with Gasteiger partial charge in [-0.05, 0) is 48.5 Å². The van der Waals surface area contributed by atoms with Crippen molar-refractivity contribution in [3.63, 3.8) is 0 Å². The average molecular weight is 435 g/mol. The van der Waals surface area contributed by atoms with Gasteiger partial charge in [-0.3, -0.25) is 14.9 Å². The Balaban J connectivity index is 1.44. The van der Waals surface area contributed by atoms with E-state index in [1.54, 1.807) is 41.8 Å². The van der Waals surface area contributed by atoms with Crippen LogP contribution in [0, 0.1) is 0 Å². The number of hydrogen-bond acceptors (Lipinski definition) is 6. The quantitative estimate of drug-likeness (QED) is 0.418. The molecule has 160 valence electrons. The van der Waals surface area contributed by atoms with Gasteiger partial charge in [-0.1, -0.05) is 0 Å². The fourth-order valence-corrected chi connectivity index (χ4v) is 3.78. The first kappa shape index (κ1) is 18.9. The first-order chi connectivity index (χ1) is 16.2. The zero-order valence-electron chi connectivity index (χ0n) is 17.3. The van der Waals surface area contributed by atoms with Gasteiger partial charge in [0.25, 0.3) is 5.91 Å². The topological polar surface area (TPSA) is 115 Å². The summed E-state index contributed by atoms with van der Waals surface area (Å²) in [5, 5.41) is 16.0. The normalized spacial score (nSPS) is 11.3. The molecular formula is C24H17N7O2. The highest BCUT2D eigenvalue weighted by molar-refractivity contribution is 6.13. The van der Waals surface area contributed by atoms with Crippen molar-refractivity contribution in [2.75, 3.05) is 5.32 Å². The van der Waals surface area contributed by atoms with Crippen LogP contribution in [0.3, 0.4) is 0 Å². The number of nitrogens with one attached hydrogen (secondary N) is 2. The van der Waals surface area contributed by atoms with Gasteiger partial charge in [-0.2, -0.15) is 10.2 Å². The van der Waals surface area contributed by atoms with Crippen molar-refractivity contribution in [1.29, 1.82) is 0 Å². The standard InChI is InChI=1S/C24H17N7O2/c32-24(28-17-5-6-21-16(9-17)12-26-30-21)19-10-22(15-3-1-7-25-11-15)29-23-20(19)13-27-31(23)14-18-4-2-8-33-18/h1-13H,14H2,(H,26,30)(H,28,32). The summed E-state index contributed by atoms with van der Waals surface area (Å²) in [5.74, 6) is 0.487. The molecule has 33 heavy (non-hydrogen) atoms. The van der Waals surface area contributed by atoms with Crippen molar-refractivity contribution in [3.05, 3.63) is 90.9 Å². The lowest BCUT2D eigenvalue weighted by Crippen LogP contribution is -2.13. The predicted octanol–water partition coefficient (Wildman–Crippen LogP) is 4.26. The monoisotopic (exact) mass is 435 g/mol. The summed E-state index contributed by atoms with van der Waals surface area (Å²) in [6, 6.07) is 14.8. The maximum atomic E-state index is 13.4. The SMILES string of the molecule is O=C(Nc1ccc2[nH]ncc2c1)c1cc(-c2cccnc2)nc2c1cnn2Cc1ccco1. The molecule has 6 aromatic rings. The van der Waals surface area contributed by atoms with Gasteiger partial charge in [-0.25, -0.2) is 9.67 Å². The minimum Gasteiger partial charge on any atom is -0.467 e. The third-order valence-electron chi connectivity index (χ3n) is 5.39. The van der Waals surface area contributed by atoms with Gasteiger partial charge < -0.3 is 9.73 Å². The third kappa shape index (κ3) is 3.51. The van der Waals surface area contributed by atoms with E-state index in [0.29, 0.717) is 34.5 Å². The summed E-state index contributed by atoms with van der Waals surface area (Å²) < 4.78 is 7.19. The summed E-state index contributed by atoms with van der Waals surface area (Å²) in [4.78, 5) is 22.4. The van der Waals surface area contributed by atoms with Crippen LogP contribution in [0.2, 0.25) is 0 Å². The second kappa shape index (κ2) is 7.72. The number of pyridine rings is 2. The van der Waals surface area contributed by atoms with E-state index in [4.69, 9.17) is 9.40 Å². The van der Waals surface area contributed by atoms with Gasteiger partial charge >= 0.3 is 0 Å². The number of hydrogen-bond donors (Lipinski definition) is 2. The summed E-state index contributed by atoms with van der Waals surface area (Å²) in [6.07, 6.45) is 8.41. The summed E-state index contributed by atoms with van der Waals surface area (Å²) in [7, 11) is 0. The molecule has 6 rings (SSSR count). The van der Waals surface area contributed by atoms with Crippen molar-refractivity contribution in [3.8, 4) is 11.3 Å². The number of anilines is 1. The highest BCUT2D eigenvalue weighted by Crippen LogP contribution is 2.26. The number of rotatable bonds is 5. The molecule has 0 aliphatic carbocycles. The molecule has 5 heterocycles. The number of H-pyrrole nitrogens is 1. The molecule has 0 fully saturated rings. The number of benzene rings is 1. The van der Waals surface area contributed by atoms with E-state index >= 15 is 0 Å². The summed E-state index contributed by atoms with van der Waals surface area (Å²) >= 11 is 0. The molecule has 0 unspecified atom stereocenters. The van der Waals surface area contributed by atoms with Crippen LogP contribution in [0.5, 0.6) is 0 Å². The van der Waals surface area contributed by atoms with Crippen molar-refractivity contribution in [2.45, 2.75) is 6.54 Å². The van der Waals surface area contributed by atoms with Gasteiger partial charge in [0.2, 0.25) is 0 Å². The van der Waals surface area contributed by atoms with Crippen LogP contribution in [0.15, 0.2) is 84.0 Å². The van der Waals surface area contributed by atoms with E-state index < -0.39 is 0 Å². The van der Waals surface area contributed by atoms with Crippen molar-refractivity contribution < 1.29 is 9.21 Å². The maximum Gasteiger partial charge on any atom is 0.256 e. The molecule has 0 aliphatic heterocycles. The first-order valence-electron chi connectivity index (χ1n) is 10.3. The second-order valence-electron chi connectivity index (χ2n) is 7.54. The fourth-order valence-electron chi connectivity index (χ4n) is 3.78. The van der Waals surface area contributed by atoms with Crippen molar-refractivity contribution in [1.82, 2.24) is 29.9 Å². The molecule has 0 atom stereocenters. The molecule has 0 radical (unpaired) electrons. The van der Waals surface area contributed by atoms with Crippen LogP contribution >= 0.6 is 0 Å². The Morgan fingerprint density at radius 2 is 2.06 bits per heavy atom. The molecule has 5 aromatic heterocycles. The van der Waals surface area contributed by atoms with Gasteiger partial charge in [0.1, 0.15) is 12.3 Å². The highest BCUT2D eigenvalue weighted by atomic mass is 16.3. The van der Waals surface area contributed by atoms with E-state index in [1.165, 1.54) is 0 Å². The van der Waals surface area contributed by atoms with E-state index in [1.807, 2.05) is 42.5 Å². The van der Waals surface area contributed by atoms with E-state index in [0.717, 1.165) is 22.2 Å². The lowest BCUT2D eigenvalue weighted by Gasteiger charge is -2.10. The summed E-state index contributed by atoms with van der Waals surface area (Å²) in [6.45, 7) is 0.401. The van der Waals surface area contributed by atoms with Crippen LogP contribution in [0.25, 0.3) is 33.2 Å². The zero-order valence-corrected chi connectivity index (χ0v) is 17.3. The molecule has 0 spiro atoms. The number of nitrogens with zero attached hydrogens (tertiary/aromatic N) is 5. The zero-order chi connectivity index (χ0) is 22.2. The lowest BCUT2D eigenvalue weighted by atomic mass is 10.1. The number of aromatic amines is 1. The molecule has 1 aromatic carbocycles. The van der Waals surface area contributed by atoms with E-state index in [-0.39, 0.29) is 5.91 Å². The second-order valence-corrected chi connectivity index (χ2v) is 7.54. The van der Waals surface area contributed by atoms with Crippen LogP contribution in [0.1, 0.15) is 16.1 Å². The molecule has 9 heteroatoms. The Morgan fingerprint density at radius 3 is 2.91 bits per heavy atom. The van der Waals surface area contributed by atoms with Crippen LogP contribution in [-0.2, 0) is 6.54 Å². The van der Waals surface area contributed by atoms with E-state index in [2.05, 4.69) is 25.6 Å². The molecule has 9 nitrogen and oxygen atoms in total. The summed E-state index contributed by atoms with van der Waals surface area (Å²) in [5.41, 5.74) is 4.06. The Hall–Kier alpha value is -4.79. The minimum atomic E-state index is -0.257. The van der Waals surface area contributed by atoms with Gasteiger partial charge in [0, 0.05) is 29.0 Å². The van der Waals surface area contributed by atoms with Crippen LogP contribution in [-0.4, -0.2) is 35.9 Å². The minimum absolute atomic E-state index is 0.257.